The molecule has 2 heterocycles. The summed E-state index contributed by atoms with van der Waals surface area (Å²) in [5.41, 5.74) is 4.85. The molecule has 2 N–H and O–H groups in total. The molecule has 3 atom stereocenters. The van der Waals surface area contributed by atoms with E-state index < -0.39 is 35.6 Å². The third-order valence-electron chi connectivity index (χ3n) is 5.87. The number of benzene rings is 1. The number of aromatic nitrogens is 1. The molecule has 1 fully saturated rings. The summed E-state index contributed by atoms with van der Waals surface area (Å²) in [6, 6.07) is 5.68. The molecule has 0 bridgehead atoms. The van der Waals surface area contributed by atoms with Gasteiger partial charge >= 0.3 is 0 Å². The minimum atomic E-state index is -2.93. The van der Waals surface area contributed by atoms with Crippen molar-refractivity contribution in [1.29, 1.82) is 5.26 Å². The van der Waals surface area contributed by atoms with Crippen LogP contribution < -0.4 is 5.73 Å². The summed E-state index contributed by atoms with van der Waals surface area (Å²) in [6.45, 7) is 3.05. The maximum atomic E-state index is 14.8. The van der Waals surface area contributed by atoms with Crippen molar-refractivity contribution < 1.29 is 22.7 Å². The predicted molar refractivity (Wildman–Crippen MR) is 105 cm³/mol. The van der Waals surface area contributed by atoms with E-state index in [-0.39, 0.29) is 34.8 Å². The Hall–Kier alpha value is -3.41. The molecule has 0 saturated heterocycles. The molecule has 0 spiro atoms. The summed E-state index contributed by atoms with van der Waals surface area (Å²) in [7, 11) is 0. The number of halogens is 3. The molecule has 160 valence electrons. The SMILES string of the molecule is Cc1cc(C#N)cnc1C(=O)Cc1cc(F)c(C)c([C@@]2(C(F)F)N=C(N)O[C@@H]3C[C@@H]32)c1. The van der Waals surface area contributed by atoms with Gasteiger partial charge in [-0.1, -0.05) is 6.07 Å². The molecule has 2 aromatic rings. The molecule has 2 aliphatic rings. The molecule has 1 saturated carbocycles. The van der Waals surface area contributed by atoms with Crippen molar-refractivity contribution in [1.82, 2.24) is 4.98 Å². The number of nitrogens with two attached hydrogens (primary N) is 1. The summed E-state index contributed by atoms with van der Waals surface area (Å²) < 4.78 is 48.8. The molecular formula is C22H19F3N4O2. The molecule has 0 unspecified atom stereocenters. The standard InChI is InChI=1S/C22H19F3N4O2/c1-10-3-13(8-26)9-28-19(10)17(30)6-12-4-14(11(2)16(23)5-12)22(20(24)25)15-7-18(15)31-21(27)29-22/h3-5,9,15,18,20H,6-7H2,1-2H3,(H2,27,29)/t15-,18+,22+/m0/s1. The topological polar surface area (TPSA) is 101 Å². The van der Waals surface area contributed by atoms with Crippen molar-refractivity contribution in [2.45, 2.75) is 44.8 Å². The monoisotopic (exact) mass is 428 g/mol. The zero-order valence-electron chi connectivity index (χ0n) is 16.8. The summed E-state index contributed by atoms with van der Waals surface area (Å²) in [6.07, 6.45) is -2.04. The normalized spacial score (nSPS) is 24.1. The highest BCUT2D eigenvalue weighted by atomic mass is 19.3. The highest BCUT2D eigenvalue weighted by Gasteiger charge is 2.64. The largest absolute Gasteiger partial charge is 0.462 e. The number of rotatable bonds is 5. The number of carbonyl (C=O) groups excluding carboxylic acids is 1. The Labute approximate surface area is 176 Å². The molecule has 0 radical (unpaired) electrons. The van der Waals surface area contributed by atoms with Crippen LogP contribution in [0.2, 0.25) is 0 Å². The second-order valence-corrected chi connectivity index (χ2v) is 7.93. The molecule has 9 heteroatoms. The number of amidine groups is 1. The van der Waals surface area contributed by atoms with E-state index in [9.17, 15) is 18.0 Å². The van der Waals surface area contributed by atoms with Gasteiger partial charge in [-0.3, -0.25) is 9.78 Å². The number of nitrogens with zero attached hydrogens (tertiary/aromatic N) is 3. The smallest absolute Gasteiger partial charge is 0.283 e. The Morgan fingerprint density at radius 1 is 1.39 bits per heavy atom. The van der Waals surface area contributed by atoms with Gasteiger partial charge in [0.25, 0.3) is 12.4 Å². The number of alkyl halides is 2. The van der Waals surface area contributed by atoms with E-state index in [0.717, 1.165) is 6.07 Å². The van der Waals surface area contributed by atoms with Crippen LogP contribution in [0.5, 0.6) is 0 Å². The second kappa shape index (κ2) is 7.38. The zero-order valence-corrected chi connectivity index (χ0v) is 16.8. The van der Waals surface area contributed by atoms with Gasteiger partial charge in [0.05, 0.1) is 5.56 Å². The van der Waals surface area contributed by atoms with Gasteiger partial charge in [0, 0.05) is 18.5 Å². The number of Topliss-reactive ketones (excluding diaryl/α,β-unsaturated/α-hetero) is 1. The van der Waals surface area contributed by atoms with Crippen LogP contribution in [0.1, 0.15) is 44.7 Å². The number of ether oxygens (including phenoxy) is 1. The lowest BCUT2D eigenvalue weighted by Crippen LogP contribution is -2.43. The van der Waals surface area contributed by atoms with E-state index in [1.165, 1.54) is 25.3 Å². The van der Waals surface area contributed by atoms with Crippen LogP contribution in [0.15, 0.2) is 29.4 Å². The molecule has 1 aliphatic carbocycles. The molecule has 6 nitrogen and oxygen atoms in total. The number of pyridine rings is 1. The van der Waals surface area contributed by atoms with Gasteiger partial charge in [0.2, 0.25) is 0 Å². The van der Waals surface area contributed by atoms with Crippen LogP contribution in [0.25, 0.3) is 0 Å². The lowest BCUT2D eigenvalue weighted by atomic mass is 9.81. The fourth-order valence-electron chi connectivity index (χ4n) is 4.25. The Morgan fingerprint density at radius 3 is 2.77 bits per heavy atom. The van der Waals surface area contributed by atoms with Crippen LogP contribution in [0.3, 0.4) is 0 Å². The lowest BCUT2D eigenvalue weighted by Gasteiger charge is -2.34. The summed E-state index contributed by atoms with van der Waals surface area (Å²) in [5, 5.41) is 8.94. The first-order valence-corrected chi connectivity index (χ1v) is 9.67. The Bertz CT molecular complexity index is 1160. The van der Waals surface area contributed by atoms with Crippen LogP contribution in [0, 0.1) is 36.9 Å². The van der Waals surface area contributed by atoms with Gasteiger partial charge in [-0.05, 0) is 54.7 Å². The Balaban J connectivity index is 1.75. The van der Waals surface area contributed by atoms with E-state index in [4.69, 9.17) is 15.7 Å². The van der Waals surface area contributed by atoms with E-state index in [1.807, 2.05) is 6.07 Å². The number of ketones is 1. The number of aryl methyl sites for hydroxylation is 1. The molecular weight excluding hydrogens is 409 g/mol. The van der Waals surface area contributed by atoms with Gasteiger partial charge in [0.15, 0.2) is 11.3 Å². The summed E-state index contributed by atoms with van der Waals surface area (Å²) in [5.74, 6) is -1.74. The fourth-order valence-corrected chi connectivity index (χ4v) is 4.25. The number of aliphatic imine (C=N–C) groups is 1. The first-order chi connectivity index (χ1) is 14.7. The molecule has 31 heavy (non-hydrogen) atoms. The van der Waals surface area contributed by atoms with Gasteiger partial charge in [-0.25, -0.2) is 18.2 Å². The van der Waals surface area contributed by atoms with E-state index in [1.54, 1.807) is 6.92 Å². The number of fused-ring (bicyclic) bond motifs is 1. The molecule has 1 aromatic carbocycles. The lowest BCUT2D eigenvalue weighted by molar-refractivity contribution is 0.0191. The minimum absolute atomic E-state index is 0.00793. The van der Waals surface area contributed by atoms with Crippen molar-refractivity contribution in [2.75, 3.05) is 0 Å². The number of hydrogen-bond acceptors (Lipinski definition) is 6. The maximum absolute atomic E-state index is 14.8. The van der Waals surface area contributed by atoms with Crippen molar-refractivity contribution in [3.63, 3.8) is 0 Å². The average Bonchev–Trinajstić information content (AvgIpc) is 3.49. The van der Waals surface area contributed by atoms with E-state index >= 15 is 0 Å². The van der Waals surface area contributed by atoms with Crippen LogP contribution >= 0.6 is 0 Å². The first kappa shape index (κ1) is 20.8. The highest BCUT2D eigenvalue weighted by Crippen LogP contribution is 2.56. The number of carbonyl (C=O) groups is 1. The number of hydrogen-bond donors (Lipinski definition) is 1. The van der Waals surface area contributed by atoms with E-state index in [2.05, 4.69) is 9.98 Å². The van der Waals surface area contributed by atoms with Gasteiger partial charge in [-0.15, -0.1) is 0 Å². The average molecular weight is 428 g/mol. The Kier molecular flexibility index (Phi) is 4.96. The molecule has 4 rings (SSSR count). The van der Waals surface area contributed by atoms with Crippen molar-refractivity contribution in [3.05, 3.63) is 63.7 Å². The van der Waals surface area contributed by atoms with Crippen LogP contribution in [-0.2, 0) is 16.7 Å². The minimum Gasteiger partial charge on any atom is -0.462 e. The third-order valence-corrected chi connectivity index (χ3v) is 5.87. The second-order valence-electron chi connectivity index (χ2n) is 7.93. The molecule has 1 aromatic heterocycles. The molecule has 1 aliphatic heterocycles. The first-order valence-electron chi connectivity index (χ1n) is 9.67. The number of nitriles is 1. The van der Waals surface area contributed by atoms with Gasteiger partial charge in [0.1, 0.15) is 23.7 Å². The summed E-state index contributed by atoms with van der Waals surface area (Å²) >= 11 is 0. The van der Waals surface area contributed by atoms with Crippen LogP contribution in [0.4, 0.5) is 13.2 Å². The fraction of sp³-hybridized carbons (Fsp3) is 0.364. The van der Waals surface area contributed by atoms with Crippen LogP contribution in [-0.4, -0.2) is 29.3 Å². The van der Waals surface area contributed by atoms with Crippen molar-refractivity contribution in [3.8, 4) is 6.07 Å². The zero-order chi connectivity index (χ0) is 22.5. The Morgan fingerprint density at radius 2 is 2.13 bits per heavy atom. The van der Waals surface area contributed by atoms with Crippen molar-refractivity contribution in [2.24, 2.45) is 16.6 Å². The van der Waals surface area contributed by atoms with Gasteiger partial charge < -0.3 is 10.5 Å². The predicted octanol–water partition coefficient (Wildman–Crippen LogP) is 3.33. The highest BCUT2D eigenvalue weighted by molar-refractivity contribution is 5.97. The third kappa shape index (κ3) is 3.42. The quantitative estimate of drug-likeness (QED) is 0.736. The molecule has 0 amide bonds. The van der Waals surface area contributed by atoms with E-state index in [0.29, 0.717) is 17.5 Å². The van der Waals surface area contributed by atoms with Crippen molar-refractivity contribution >= 4 is 11.8 Å². The summed E-state index contributed by atoms with van der Waals surface area (Å²) in [4.78, 5) is 20.7. The van der Waals surface area contributed by atoms with Gasteiger partial charge in [-0.2, -0.15) is 5.26 Å². The maximum Gasteiger partial charge on any atom is 0.283 e.